The minimum absolute atomic E-state index is 0.222. The topological polar surface area (TPSA) is 73.3 Å². The molecule has 7 heteroatoms. The number of carbonyl (C=O) groups excluding carboxylic acids is 1. The predicted molar refractivity (Wildman–Crippen MR) is 110 cm³/mol. The summed E-state index contributed by atoms with van der Waals surface area (Å²) in [6.07, 6.45) is 3.52. The van der Waals surface area contributed by atoms with E-state index in [0.717, 1.165) is 20.8 Å². The van der Waals surface area contributed by atoms with Crippen molar-refractivity contribution in [1.29, 1.82) is 0 Å². The van der Waals surface area contributed by atoms with Crippen LogP contribution in [0.15, 0.2) is 60.9 Å². The van der Waals surface area contributed by atoms with E-state index in [1.165, 1.54) is 7.11 Å². The van der Waals surface area contributed by atoms with Gasteiger partial charge in [0.25, 0.3) is 5.91 Å². The molecule has 0 aliphatic carbocycles. The fourth-order valence-corrected chi connectivity index (χ4v) is 3.72. The van der Waals surface area contributed by atoms with Crippen molar-refractivity contribution < 1.29 is 14.3 Å². The molecule has 0 atom stereocenters. The summed E-state index contributed by atoms with van der Waals surface area (Å²) < 4.78 is 11.5. The summed E-state index contributed by atoms with van der Waals surface area (Å²) >= 11 is 1.61. The number of benzene rings is 2. The fraction of sp³-hybridized carbons (Fsp3) is 0.0952. The zero-order valence-electron chi connectivity index (χ0n) is 15.3. The van der Waals surface area contributed by atoms with Gasteiger partial charge in [0.1, 0.15) is 10.5 Å². The molecule has 1 N–H and O–H groups in total. The van der Waals surface area contributed by atoms with E-state index in [9.17, 15) is 4.79 Å². The molecule has 2 aromatic carbocycles. The summed E-state index contributed by atoms with van der Waals surface area (Å²) in [5, 5.41) is 3.81. The Morgan fingerprint density at radius 3 is 2.50 bits per heavy atom. The highest BCUT2D eigenvalue weighted by Gasteiger charge is 2.12. The number of ether oxygens (including phenoxy) is 2. The number of anilines is 1. The highest BCUT2D eigenvalue weighted by atomic mass is 32.1. The van der Waals surface area contributed by atoms with Crippen LogP contribution >= 0.6 is 11.3 Å². The van der Waals surface area contributed by atoms with Crippen molar-refractivity contribution in [3.63, 3.8) is 0 Å². The summed E-state index contributed by atoms with van der Waals surface area (Å²) in [6.45, 7) is 0. The number of hydrogen-bond acceptors (Lipinski definition) is 6. The molecule has 0 bridgehead atoms. The molecule has 6 nitrogen and oxygen atoms in total. The van der Waals surface area contributed by atoms with Gasteiger partial charge < -0.3 is 14.8 Å². The maximum atomic E-state index is 12.5. The van der Waals surface area contributed by atoms with Crippen molar-refractivity contribution in [3.05, 3.63) is 66.5 Å². The molecular formula is C21H17N3O3S. The Morgan fingerprint density at radius 2 is 1.79 bits per heavy atom. The lowest BCUT2D eigenvalue weighted by molar-refractivity contribution is 0.102. The van der Waals surface area contributed by atoms with Crippen molar-refractivity contribution in [1.82, 2.24) is 9.97 Å². The number of nitrogens with zero attached hydrogens (tertiary/aromatic N) is 2. The molecular weight excluding hydrogens is 374 g/mol. The van der Waals surface area contributed by atoms with Crippen LogP contribution in [0.5, 0.6) is 11.5 Å². The molecule has 0 unspecified atom stereocenters. The average Bonchev–Trinajstić information content (AvgIpc) is 3.18. The molecule has 2 heterocycles. The third-order valence-corrected chi connectivity index (χ3v) is 5.31. The van der Waals surface area contributed by atoms with Crippen LogP contribution in [0, 0.1) is 0 Å². The van der Waals surface area contributed by atoms with Gasteiger partial charge >= 0.3 is 0 Å². The Balaban J connectivity index is 1.52. The molecule has 0 saturated carbocycles. The molecule has 4 aromatic rings. The molecule has 4 rings (SSSR count). The van der Waals surface area contributed by atoms with Crippen LogP contribution in [-0.2, 0) is 0 Å². The minimum atomic E-state index is -0.222. The first-order valence-corrected chi connectivity index (χ1v) is 9.34. The first-order valence-electron chi connectivity index (χ1n) is 8.52. The van der Waals surface area contributed by atoms with Gasteiger partial charge in [-0.25, -0.2) is 4.98 Å². The van der Waals surface area contributed by atoms with E-state index in [-0.39, 0.29) is 5.91 Å². The van der Waals surface area contributed by atoms with Crippen LogP contribution in [0.25, 0.3) is 20.8 Å². The van der Waals surface area contributed by atoms with Crippen molar-refractivity contribution in [2.45, 2.75) is 0 Å². The molecule has 28 heavy (non-hydrogen) atoms. The standard InChI is InChI=1S/C21H17N3O3S/c1-26-17-8-5-14(11-18(17)27-2)20(25)23-15-6-3-13(4-7-15)21-24-16-12-22-10-9-19(16)28-21/h3-12H,1-2H3,(H,23,25). The van der Waals surface area contributed by atoms with E-state index in [1.54, 1.807) is 49.0 Å². The predicted octanol–water partition coefficient (Wildman–Crippen LogP) is 4.63. The third kappa shape index (κ3) is 3.52. The maximum absolute atomic E-state index is 12.5. The molecule has 140 valence electrons. The molecule has 0 radical (unpaired) electrons. The molecule has 2 aromatic heterocycles. The van der Waals surface area contributed by atoms with Crippen LogP contribution in [0.2, 0.25) is 0 Å². The summed E-state index contributed by atoms with van der Waals surface area (Å²) in [7, 11) is 3.09. The monoisotopic (exact) mass is 391 g/mol. The number of pyridine rings is 1. The fourth-order valence-electron chi connectivity index (χ4n) is 2.78. The van der Waals surface area contributed by atoms with Gasteiger partial charge in [-0.15, -0.1) is 11.3 Å². The zero-order chi connectivity index (χ0) is 19.5. The average molecular weight is 391 g/mol. The van der Waals surface area contributed by atoms with Gasteiger partial charge in [0, 0.05) is 23.0 Å². The van der Waals surface area contributed by atoms with E-state index in [1.807, 2.05) is 30.3 Å². The molecule has 0 saturated heterocycles. The van der Waals surface area contributed by atoms with Gasteiger partial charge in [-0.3, -0.25) is 9.78 Å². The van der Waals surface area contributed by atoms with Crippen LogP contribution in [0.4, 0.5) is 5.69 Å². The summed E-state index contributed by atoms with van der Waals surface area (Å²) in [5.74, 6) is 0.866. The lowest BCUT2D eigenvalue weighted by Crippen LogP contribution is -2.12. The van der Waals surface area contributed by atoms with Crippen LogP contribution < -0.4 is 14.8 Å². The highest BCUT2D eigenvalue weighted by molar-refractivity contribution is 7.21. The first kappa shape index (κ1) is 17.9. The molecule has 0 spiro atoms. The van der Waals surface area contributed by atoms with E-state index >= 15 is 0 Å². The molecule has 0 aliphatic rings. The van der Waals surface area contributed by atoms with Gasteiger partial charge in [-0.05, 0) is 48.5 Å². The number of fused-ring (bicyclic) bond motifs is 1. The smallest absolute Gasteiger partial charge is 0.255 e. The Kier molecular flexibility index (Phi) is 4.90. The molecule has 1 amide bonds. The van der Waals surface area contributed by atoms with Crippen LogP contribution in [0.1, 0.15) is 10.4 Å². The lowest BCUT2D eigenvalue weighted by Gasteiger charge is -2.10. The normalized spacial score (nSPS) is 10.6. The Labute approximate surface area is 165 Å². The van der Waals surface area contributed by atoms with E-state index < -0.39 is 0 Å². The van der Waals surface area contributed by atoms with Crippen molar-refractivity contribution in [2.24, 2.45) is 0 Å². The number of carbonyl (C=O) groups is 1. The van der Waals surface area contributed by atoms with Crippen LogP contribution in [-0.4, -0.2) is 30.1 Å². The first-order chi connectivity index (χ1) is 13.7. The highest BCUT2D eigenvalue weighted by Crippen LogP contribution is 2.31. The number of aromatic nitrogens is 2. The Morgan fingerprint density at radius 1 is 1.00 bits per heavy atom. The SMILES string of the molecule is COc1ccc(C(=O)Nc2ccc(-c3nc4cnccc4s3)cc2)cc1OC. The lowest BCUT2D eigenvalue weighted by atomic mass is 10.1. The second kappa shape index (κ2) is 7.66. The number of rotatable bonds is 5. The molecule has 0 fully saturated rings. The molecule has 0 aliphatic heterocycles. The van der Waals surface area contributed by atoms with Gasteiger partial charge in [-0.2, -0.15) is 0 Å². The number of methoxy groups -OCH3 is 2. The number of amides is 1. The van der Waals surface area contributed by atoms with Gasteiger partial charge in [0.05, 0.1) is 25.1 Å². The third-order valence-electron chi connectivity index (χ3n) is 4.23. The van der Waals surface area contributed by atoms with E-state index in [0.29, 0.717) is 22.7 Å². The van der Waals surface area contributed by atoms with Crippen molar-refractivity contribution in [3.8, 4) is 22.1 Å². The quantitative estimate of drug-likeness (QED) is 0.537. The van der Waals surface area contributed by atoms with Crippen molar-refractivity contribution in [2.75, 3.05) is 19.5 Å². The number of thiazole rings is 1. The van der Waals surface area contributed by atoms with Gasteiger partial charge in [0.2, 0.25) is 0 Å². The Hall–Kier alpha value is -3.45. The largest absolute Gasteiger partial charge is 0.493 e. The second-order valence-electron chi connectivity index (χ2n) is 5.96. The Bertz CT molecular complexity index is 1110. The number of nitrogens with one attached hydrogen (secondary N) is 1. The zero-order valence-corrected chi connectivity index (χ0v) is 16.1. The van der Waals surface area contributed by atoms with E-state index in [4.69, 9.17) is 9.47 Å². The summed E-state index contributed by atoms with van der Waals surface area (Å²) in [5.41, 5.74) is 3.06. The van der Waals surface area contributed by atoms with Gasteiger partial charge in [0.15, 0.2) is 11.5 Å². The van der Waals surface area contributed by atoms with E-state index in [2.05, 4.69) is 15.3 Å². The van der Waals surface area contributed by atoms with Crippen molar-refractivity contribution >= 4 is 33.1 Å². The summed E-state index contributed by atoms with van der Waals surface area (Å²) in [6, 6.07) is 14.6. The number of hydrogen-bond donors (Lipinski definition) is 1. The second-order valence-corrected chi connectivity index (χ2v) is 6.99. The van der Waals surface area contributed by atoms with Gasteiger partial charge in [-0.1, -0.05) is 0 Å². The summed E-state index contributed by atoms with van der Waals surface area (Å²) in [4.78, 5) is 21.2. The minimum Gasteiger partial charge on any atom is -0.493 e. The van der Waals surface area contributed by atoms with Crippen LogP contribution in [0.3, 0.4) is 0 Å². The maximum Gasteiger partial charge on any atom is 0.255 e.